The molecule has 1 rings (SSSR count). The normalized spacial score (nSPS) is 10.5. The number of hydrogen-bond acceptors (Lipinski definition) is 3. The van der Waals surface area contributed by atoms with Crippen LogP contribution in [-0.4, -0.2) is 10.2 Å². The Kier molecular flexibility index (Phi) is 5.23. The Morgan fingerprint density at radius 2 is 2.08 bits per heavy atom. The van der Waals surface area contributed by atoms with Crippen molar-refractivity contribution in [1.29, 1.82) is 0 Å². The molecule has 1 heterocycles. The van der Waals surface area contributed by atoms with Crippen LogP contribution in [0, 0.1) is 3.95 Å². The Bertz CT molecular complexity index is 277. The van der Waals surface area contributed by atoms with Gasteiger partial charge in [0.1, 0.15) is 5.01 Å². The number of rotatable bonds is 6. The molecule has 0 fully saturated rings. The number of aromatic amines is 1. The molecule has 0 aromatic carbocycles. The average Bonchev–Trinajstić information content (AvgIpc) is 2.51. The molecule has 0 aliphatic heterocycles. The lowest BCUT2D eigenvalue weighted by atomic mass is 10.1. The van der Waals surface area contributed by atoms with E-state index in [1.54, 1.807) is 11.3 Å². The van der Waals surface area contributed by atoms with Crippen molar-refractivity contribution < 1.29 is 0 Å². The fourth-order valence-corrected chi connectivity index (χ4v) is 2.22. The highest BCUT2D eigenvalue weighted by atomic mass is 32.1. The van der Waals surface area contributed by atoms with E-state index in [0.717, 1.165) is 15.4 Å². The summed E-state index contributed by atoms with van der Waals surface area (Å²) in [7, 11) is 0. The van der Waals surface area contributed by atoms with Gasteiger partial charge in [-0.25, -0.2) is 0 Å². The van der Waals surface area contributed by atoms with Crippen LogP contribution >= 0.6 is 23.6 Å². The average molecular weight is 216 g/mol. The summed E-state index contributed by atoms with van der Waals surface area (Å²) in [5.74, 6) is 0. The zero-order valence-corrected chi connectivity index (χ0v) is 9.64. The molecule has 0 unspecified atom stereocenters. The molecular weight excluding hydrogens is 200 g/mol. The van der Waals surface area contributed by atoms with Crippen LogP contribution in [0.15, 0.2) is 0 Å². The minimum atomic E-state index is 0.795. The molecule has 0 radical (unpaired) electrons. The maximum Gasteiger partial charge on any atom is 0.176 e. The molecule has 0 atom stereocenters. The molecule has 74 valence electrons. The predicted octanol–water partition coefficient (Wildman–Crippen LogP) is 3.71. The van der Waals surface area contributed by atoms with Crippen molar-refractivity contribution in [3.05, 3.63) is 8.96 Å². The molecule has 4 heteroatoms. The lowest BCUT2D eigenvalue weighted by molar-refractivity contribution is 0.630. The summed E-state index contributed by atoms with van der Waals surface area (Å²) in [6, 6.07) is 0. The minimum absolute atomic E-state index is 0.795. The van der Waals surface area contributed by atoms with Crippen LogP contribution in [0.1, 0.15) is 44.0 Å². The maximum absolute atomic E-state index is 4.95. The monoisotopic (exact) mass is 216 g/mol. The molecule has 0 bridgehead atoms. The first-order chi connectivity index (χ1) is 6.33. The van der Waals surface area contributed by atoms with Gasteiger partial charge in [-0.3, -0.25) is 5.10 Å². The van der Waals surface area contributed by atoms with E-state index in [0.29, 0.717) is 0 Å². The Labute approximate surface area is 88.4 Å². The molecule has 1 aromatic rings. The second-order valence-electron chi connectivity index (χ2n) is 3.17. The predicted molar refractivity (Wildman–Crippen MR) is 59.8 cm³/mol. The molecule has 0 spiro atoms. The summed E-state index contributed by atoms with van der Waals surface area (Å²) in [5.41, 5.74) is 0. The molecule has 13 heavy (non-hydrogen) atoms. The van der Waals surface area contributed by atoms with Gasteiger partial charge < -0.3 is 0 Å². The third kappa shape index (κ3) is 4.52. The van der Waals surface area contributed by atoms with E-state index in [2.05, 4.69) is 17.1 Å². The van der Waals surface area contributed by atoms with Gasteiger partial charge in [0.05, 0.1) is 0 Å². The van der Waals surface area contributed by atoms with E-state index in [4.69, 9.17) is 12.2 Å². The van der Waals surface area contributed by atoms with Crippen LogP contribution in [-0.2, 0) is 6.42 Å². The number of hydrogen-bond donors (Lipinski definition) is 1. The highest BCUT2D eigenvalue weighted by Gasteiger charge is 1.96. The smallest absolute Gasteiger partial charge is 0.176 e. The molecule has 0 saturated carbocycles. The van der Waals surface area contributed by atoms with E-state index in [-0.39, 0.29) is 0 Å². The lowest BCUT2D eigenvalue weighted by Gasteiger charge is -1.96. The fraction of sp³-hybridized carbons (Fsp3) is 0.778. The Morgan fingerprint density at radius 3 is 2.69 bits per heavy atom. The Hall–Kier alpha value is -0.220. The number of H-pyrrole nitrogens is 1. The first kappa shape index (κ1) is 10.9. The zero-order chi connectivity index (χ0) is 9.52. The van der Waals surface area contributed by atoms with Gasteiger partial charge in [-0.05, 0) is 18.6 Å². The second kappa shape index (κ2) is 6.27. The van der Waals surface area contributed by atoms with Gasteiger partial charge in [-0.15, -0.1) is 0 Å². The number of nitrogens with zero attached hydrogens (tertiary/aromatic N) is 1. The van der Waals surface area contributed by atoms with Crippen LogP contribution in [0.3, 0.4) is 0 Å². The van der Waals surface area contributed by atoms with Crippen molar-refractivity contribution in [1.82, 2.24) is 10.2 Å². The molecule has 1 aromatic heterocycles. The van der Waals surface area contributed by atoms with Crippen molar-refractivity contribution in [2.75, 3.05) is 0 Å². The van der Waals surface area contributed by atoms with Crippen molar-refractivity contribution >= 4 is 23.6 Å². The van der Waals surface area contributed by atoms with Crippen LogP contribution in [0.2, 0.25) is 0 Å². The summed E-state index contributed by atoms with van der Waals surface area (Å²) in [6.07, 6.45) is 7.67. The topological polar surface area (TPSA) is 28.7 Å². The van der Waals surface area contributed by atoms with E-state index in [1.165, 1.54) is 32.1 Å². The summed E-state index contributed by atoms with van der Waals surface area (Å²) in [5, 5.41) is 8.08. The molecule has 0 aliphatic rings. The van der Waals surface area contributed by atoms with E-state index in [1.807, 2.05) is 0 Å². The Balaban J connectivity index is 2.09. The van der Waals surface area contributed by atoms with E-state index < -0.39 is 0 Å². The van der Waals surface area contributed by atoms with Crippen LogP contribution in [0.25, 0.3) is 0 Å². The fourth-order valence-electron chi connectivity index (χ4n) is 1.25. The van der Waals surface area contributed by atoms with Gasteiger partial charge in [-0.1, -0.05) is 43.9 Å². The number of nitrogens with one attached hydrogen (secondary N) is 1. The van der Waals surface area contributed by atoms with Crippen LogP contribution in [0.4, 0.5) is 0 Å². The van der Waals surface area contributed by atoms with Crippen LogP contribution < -0.4 is 0 Å². The summed E-state index contributed by atoms with van der Waals surface area (Å²) in [6.45, 7) is 2.24. The van der Waals surface area contributed by atoms with Crippen molar-refractivity contribution in [3.8, 4) is 0 Å². The molecule has 0 saturated heterocycles. The third-order valence-corrected chi connectivity index (χ3v) is 3.13. The number of aryl methyl sites for hydroxylation is 1. The first-order valence-corrected chi connectivity index (χ1v) is 6.09. The lowest BCUT2D eigenvalue weighted by Crippen LogP contribution is -1.84. The van der Waals surface area contributed by atoms with Crippen molar-refractivity contribution in [2.24, 2.45) is 0 Å². The SMILES string of the molecule is CCCCCCCc1n[nH]c(=S)s1. The standard InChI is InChI=1S/C9H16N2S2/c1-2-3-4-5-6-7-8-10-11-9(12)13-8/h2-7H2,1H3,(H,11,12). The number of aromatic nitrogens is 2. The maximum atomic E-state index is 4.95. The quantitative estimate of drug-likeness (QED) is 0.580. The largest absolute Gasteiger partial charge is 0.258 e. The van der Waals surface area contributed by atoms with Gasteiger partial charge in [0, 0.05) is 6.42 Å². The highest BCUT2D eigenvalue weighted by Crippen LogP contribution is 2.10. The second-order valence-corrected chi connectivity index (χ2v) is 4.92. The van der Waals surface area contributed by atoms with Crippen molar-refractivity contribution in [3.63, 3.8) is 0 Å². The summed E-state index contributed by atoms with van der Waals surface area (Å²) < 4.78 is 0.795. The minimum Gasteiger partial charge on any atom is -0.258 e. The van der Waals surface area contributed by atoms with Gasteiger partial charge in [0.25, 0.3) is 0 Å². The van der Waals surface area contributed by atoms with E-state index >= 15 is 0 Å². The van der Waals surface area contributed by atoms with Crippen molar-refractivity contribution in [2.45, 2.75) is 45.4 Å². The summed E-state index contributed by atoms with van der Waals surface area (Å²) >= 11 is 6.55. The number of unbranched alkanes of at least 4 members (excludes halogenated alkanes) is 4. The van der Waals surface area contributed by atoms with Gasteiger partial charge in [-0.2, -0.15) is 5.10 Å². The highest BCUT2D eigenvalue weighted by molar-refractivity contribution is 7.73. The molecular formula is C9H16N2S2. The van der Waals surface area contributed by atoms with Crippen LogP contribution in [0.5, 0.6) is 0 Å². The molecule has 2 nitrogen and oxygen atoms in total. The Morgan fingerprint density at radius 1 is 1.31 bits per heavy atom. The molecule has 0 aliphatic carbocycles. The first-order valence-electron chi connectivity index (χ1n) is 4.87. The van der Waals surface area contributed by atoms with E-state index in [9.17, 15) is 0 Å². The zero-order valence-electron chi connectivity index (χ0n) is 8.01. The van der Waals surface area contributed by atoms with Gasteiger partial charge >= 0.3 is 0 Å². The van der Waals surface area contributed by atoms with Gasteiger partial charge in [0.2, 0.25) is 0 Å². The molecule has 1 N–H and O–H groups in total. The molecule has 0 amide bonds. The third-order valence-electron chi connectivity index (χ3n) is 1.98. The van der Waals surface area contributed by atoms with Gasteiger partial charge in [0.15, 0.2) is 3.95 Å². The summed E-state index contributed by atoms with van der Waals surface area (Å²) in [4.78, 5) is 0.